The molecule has 0 aliphatic carbocycles. The Hall–Kier alpha value is -3.33. The molecular formula is C24H29FN4O4. The van der Waals surface area contributed by atoms with Crippen molar-refractivity contribution < 1.29 is 23.5 Å². The molecule has 9 heteroatoms. The Morgan fingerprint density at radius 2 is 1.73 bits per heavy atom. The van der Waals surface area contributed by atoms with Gasteiger partial charge in [0.25, 0.3) is 0 Å². The highest BCUT2D eigenvalue weighted by molar-refractivity contribution is 6.35. The number of fused-ring (bicyclic) bond motifs is 1. The van der Waals surface area contributed by atoms with Crippen LogP contribution in [0, 0.1) is 5.82 Å². The number of piperazine rings is 1. The standard InChI is InChI=1S/C24H29FN4O4/c1-16(2)27-24(31)23(30)26-14-20(17-7-8-21-22(13-17)33-15-32-21)29-11-9-28(10-12-29)19-6-4-3-5-18(19)25/h3-8,13,16,20H,9-12,14-15H2,1-2H3,(H,26,30)(H,27,31). The van der Waals surface area contributed by atoms with Crippen LogP contribution in [0.1, 0.15) is 25.5 Å². The van der Waals surface area contributed by atoms with Gasteiger partial charge >= 0.3 is 11.8 Å². The third-order valence-corrected chi connectivity index (χ3v) is 5.81. The Morgan fingerprint density at radius 1 is 1.00 bits per heavy atom. The Morgan fingerprint density at radius 3 is 2.45 bits per heavy atom. The summed E-state index contributed by atoms with van der Waals surface area (Å²) in [6.07, 6.45) is 0. The van der Waals surface area contributed by atoms with Gasteiger partial charge in [-0.2, -0.15) is 0 Å². The lowest BCUT2D eigenvalue weighted by molar-refractivity contribution is -0.139. The highest BCUT2D eigenvalue weighted by atomic mass is 19.1. The zero-order valence-electron chi connectivity index (χ0n) is 18.8. The number of halogens is 1. The van der Waals surface area contributed by atoms with Gasteiger partial charge < -0.3 is 25.0 Å². The van der Waals surface area contributed by atoms with Crippen molar-refractivity contribution in [3.8, 4) is 11.5 Å². The fourth-order valence-electron chi connectivity index (χ4n) is 4.16. The van der Waals surface area contributed by atoms with E-state index in [1.807, 2.05) is 29.2 Å². The molecule has 0 bridgehead atoms. The summed E-state index contributed by atoms with van der Waals surface area (Å²) in [5, 5.41) is 5.37. The van der Waals surface area contributed by atoms with E-state index >= 15 is 0 Å². The first-order valence-electron chi connectivity index (χ1n) is 11.1. The van der Waals surface area contributed by atoms with Gasteiger partial charge in [-0.25, -0.2) is 4.39 Å². The number of anilines is 1. The average molecular weight is 457 g/mol. The predicted octanol–water partition coefficient (Wildman–Crippen LogP) is 2.06. The van der Waals surface area contributed by atoms with Gasteiger partial charge in [0.05, 0.1) is 11.7 Å². The van der Waals surface area contributed by atoms with Crippen LogP contribution in [0.5, 0.6) is 11.5 Å². The SMILES string of the molecule is CC(C)NC(=O)C(=O)NCC(c1ccc2c(c1)OCO2)N1CCN(c2ccccc2F)CC1. The highest BCUT2D eigenvalue weighted by Crippen LogP contribution is 2.36. The average Bonchev–Trinajstić information content (AvgIpc) is 3.27. The van der Waals surface area contributed by atoms with Crippen LogP contribution in [0.4, 0.5) is 10.1 Å². The predicted molar refractivity (Wildman–Crippen MR) is 122 cm³/mol. The van der Waals surface area contributed by atoms with Crippen LogP contribution in [0.2, 0.25) is 0 Å². The molecular weight excluding hydrogens is 427 g/mol. The Balaban J connectivity index is 1.48. The van der Waals surface area contributed by atoms with Crippen LogP contribution in [0.15, 0.2) is 42.5 Å². The van der Waals surface area contributed by atoms with E-state index < -0.39 is 11.8 Å². The van der Waals surface area contributed by atoms with E-state index in [0.717, 1.165) is 5.56 Å². The van der Waals surface area contributed by atoms with Gasteiger partial charge in [-0.3, -0.25) is 14.5 Å². The molecule has 33 heavy (non-hydrogen) atoms. The summed E-state index contributed by atoms with van der Waals surface area (Å²) >= 11 is 0. The summed E-state index contributed by atoms with van der Waals surface area (Å²) < 4.78 is 25.2. The third kappa shape index (κ3) is 5.36. The van der Waals surface area contributed by atoms with Crippen molar-refractivity contribution in [1.82, 2.24) is 15.5 Å². The molecule has 8 nitrogen and oxygen atoms in total. The minimum atomic E-state index is -0.667. The Labute approximate surface area is 192 Å². The fraction of sp³-hybridized carbons (Fsp3) is 0.417. The van der Waals surface area contributed by atoms with Crippen molar-refractivity contribution in [2.75, 3.05) is 44.4 Å². The van der Waals surface area contributed by atoms with Crippen LogP contribution in [-0.4, -0.2) is 62.3 Å². The number of ether oxygens (including phenoxy) is 2. The lowest BCUT2D eigenvalue weighted by Crippen LogP contribution is -2.51. The fourth-order valence-corrected chi connectivity index (χ4v) is 4.16. The zero-order valence-corrected chi connectivity index (χ0v) is 18.8. The summed E-state index contributed by atoms with van der Waals surface area (Å²) in [4.78, 5) is 28.6. The molecule has 1 unspecified atom stereocenters. The number of hydrogen-bond donors (Lipinski definition) is 2. The number of hydrogen-bond acceptors (Lipinski definition) is 6. The monoisotopic (exact) mass is 456 g/mol. The first-order valence-corrected chi connectivity index (χ1v) is 11.1. The first-order chi connectivity index (χ1) is 15.9. The van der Waals surface area contributed by atoms with E-state index in [1.165, 1.54) is 6.07 Å². The molecule has 2 N–H and O–H groups in total. The van der Waals surface area contributed by atoms with Crippen LogP contribution < -0.4 is 25.0 Å². The quantitative estimate of drug-likeness (QED) is 0.648. The summed E-state index contributed by atoms with van der Waals surface area (Å²) in [5.74, 6) is -0.214. The van der Waals surface area contributed by atoms with E-state index in [-0.39, 0.29) is 31.2 Å². The van der Waals surface area contributed by atoms with E-state index in [0.29, 0.717) is 43.4 Å². The van der Waals surface area contributed by atoms with E-state index in [9.17, 15) is 14.0 Å². The van der Waals surface area contributed by atoms with Gasteiger partial charge in [0, 0.05) is 38.8 Å². The number of para-hydroxylation sites is 1. The van der Waals surface area contributed by atoms with E-state index in [4.69, 9.17) is 9.47 Å². The smallest absolute Gasteiger partial charge is 0.309 e. The largest absolute Gasteiger partial charge is 0.454 e. The van der Waals surface area contributed by atoms with Crippen molar-refractivity contribution in [2.24, 2.45) is 0 Å². The number of carbonyl (C=O) groups is 2. The molecule has 4 rings (SSSR count). The first kappa shape index (κ1) is 22.8. The molecule has 2 aromatic rings. The van der Waals surface area contributed by atoms with Crippen LogP contribution in [0.25, 0.3) is 0 Å². The van der Waals surface area contributed by atoms with E-state index in [1.54, 1.807) is 26.0 Å². The molecule has 0 radical (unpaired) electrons. The Bertz CT molecular complexity index is 1010. The highest BCUT2D eigenvalue weighted by Gasteiger charge is 2.28. The maximum Gasteiger partial charge on any atom is 0.309 e. The number of amides is 2. The maximum absolute atomic E-state index is 14.2. The normalized spacial score (nSPS) is 16.5. The summed E-state index contributed by atoms with van der Waals surface area (Å²) in [7, 11) is 0. The van der Waals surface area contributed by atoms with Gasteiger partial charge in [0.15, 0.2) is 11.5 Å². The molecule has 2 heterocycles. The number of rotatable bonds is 6. The Kier molecular flexibility index (Phi) is 6.98. The zero-order chi connectivity index (χ0) is 23.4. The molecule has 0 spiro atoms. The maximum atomic E-state index is 14.2. The molecule has 2 aliphatic heterocycles. The lowest BCUT2D eigenvalue weighted by Gasteiger charge is -2.40. The third-order valence-electron chi connectivity index (χ3n) is 5.81. The van der Waals surface area contributed by atoms with Crippen molar-refractivity contribution in [3.05, 3.63) is 53.8 Å². The molecule has 1 saturated heterocycles. The van der Waals surface area contributed by atoms with Crippen LogP contribution in [0.3, 0.4) is 0 Å². The number of carbonyl (C=O) groups excluding carboxylic acids is 2. The van der Waals surface area contributed by atoms with Crippen molar-refractivity contribution in [2.45, 2.75) is 25.9 Å². The second-order valence-corrected chi connectivity index (χ2v) is 8.44. The minimum Gasteiger partial charge on any atom is -0.454 e. The molecule has 2 amide bonds. The molecule has 0 aromatic heterocycles. The van der Waals surface area contributed by atoms with Crippen LogP contribution in [-0.2, 0) is 9.59 Å². The molecule has 2 aliphatic rings. The van der Waals surface area contributed by atoms with Crippen LogP contribution >= 0.6 is 0 Å². The number of nitrogens with one attached hydrogen (secondary N) is 2. The van der Waals surface area contributed by atoms with Gasteiger partial charge in [0.1, 0.15) is 5.82 Å². The van der Waals surface area contributed by atoms with Crippen molar-refractivity contribution in [1.29, 1.82) is 0 Å². The molecule has 2 aromatic carbocycles. The van der Waals surface area contributed by atoms with Crippen molar-refractivity contribution >= 4 is 17.5 Å². The topological polar surface area (TPSA) is 83.1 Å². The molecule has 176 valence electrons. The summed E-state index contributed by atoms with van der Waals surface area (Å²) in [6, 6.07) is 12.2. The van der Waals surface area contributed by atoms with Gasteiger partial charge in [-0.05, 0) is 43.7 Å². The second kappa shape index (κ2) is 10.1. The van der Waals surface area contributed by atoms with Crippen molar-refractivity contribution in [3.63, 3.8) is 0 Å². The van der Waals surface area contributed by atoms with E-state index in [2.05, 4.69) is 15.5 Å². The number of nitrogens with zero attached hydrogens (tertiary/aromatic N) is 2. The minimum absolute atomic E-state index is 0.126. The lowest BCUT2D eigenvalue weighted by atomic mass is 10.0. The summed E-state index contributed by atoms with van der Waals surface area (Å²) in [5.41, 5.74) is 1.54. The molecule has 1 fully saturated rings. The summed E-state index contributed by atoms with van der Waals surface area (Å²) in [6.45, 7) is 6.66. The second-order valence-electron chi connectivity index (χ2n) is 8.44. The number of benzene rings is 2. The molecule has 1 atom stereocenters. The van der Waals surface area contributed by atoms with Gasteiger partial charge in [0.2, 0.25) is 6.79 Å². The van der Waals surface area contributed by atoms with Gasteiger partial charge in [-0.1, -0.05) is 18.2 Å². The van der Waals surface area contributed by atoms with Gasteiger partial charge in [-0.15, -0.1) is 0 Å². The molecule has 0 saturated carbocycles.